The zero-order valence-electron chi connectivity index (χ0n) is 17.8. The Morgan fingerprint density at radius 3 is 2.90 bits per heavy atom. The molecule has 0 saturated heterocycles. The molecular formula is C24H31FN4O2. The molecule has 4 rings (SSSR count). The van der Waals surface area contributed by atoms with Gasteiger partial charge in [0, 0.05) is 40.0 Å². The number of hydrogen-bond acceptors (Lipinski definition) is 4. The summed E-state index contributed by atoms with van der Waals surface area (Å²) < 4.78 is 22.6. The maximum absolute atomic E-state index is 15.0. The maximum atomic E-state index is 15.0. The van der Waals surface area contributed by atoms with Crippen molar-refractivity contribution < 1.29 is 16.8 Å². The summed E-state index contributed by atoms with van der Waals surface area (Å²) in [6.45, 7) is 2.24. The van der Waals surface area contributed by atoms with Gasteiger partial charge in [-0.15, -0.1) is 0 Å². The quantitative estimate of drug-likeness (QED) is 0.677. The van der Waals surface area contributed by atoms with Crippen LogP contribution in [0, 0.1) is 5.82 Å². The van der Waals surface area contributed by atoms with Crippen molar-refractivity contribution in [2.45, 2.75) is 38.7 Å². The fourth-order valence-electron chi connectivity index (χ4n) is 3.47. The van der Waals surface area contributed by atoms with Crippen LogP contribution in [0.3, 0.4) is 0 Å². The molecule has 1 saturated carbocycles. The number of aliphatic imine (C=N–C) groups is 1. The average molecular weight is 427 g/mol. The monoisotopic (exact) mass is 426 g/mol. The zero-order valence-corrected chi connectivity index (χ0v) is 17.8. The van der Waals surface area contributed by atoms with E-state index in [1.54, 1.807) is 30.5 Å². The zero-order chi connectivity index (χ0) is 21.8. The summed E-state index contributed by atoms with van der Waals surface area (Å²) in [7, 11) is 1.87. The van der Waals surface area contributed by atoms with Crippen LogP contribution in [-0.2, 0) is 7.05 Å². The van der Waals surface area contributed by atoms with Gasteiger partial charge in [-0.2, -0.15) is 0 Å². The fourth-order valence-corrected chi connectivity index (χ4v) is 3.47. The van der Waals surface area contributed by atoms with Crippen LogP contribution in [-0.4, -0.2) is 29.0 Å². The van der Waals surface area contributed by atoms with Crippen molar-refractivity contribution in [3.8, 4) is 5.75 Å². The topological polar surface area (TPSA) is 67.7 Å². The number of aromatic nitrogens is 1. The van der Waals surface area contributed by atoms with E-state index in [-0.39, 0.29) is 26.4 Å². The highest BCUT2D eigenvalue weighted by atomic mass is 19.1. The number of hydrogen-bond donors (Lipinski definition) is 2. The van der Waals surface area contributed by atoms with Gasteiger partial charge >= 0.3 is 0 Å². The molecule has 166 valence electrons. The highest BCUT2D eigenvalue weighted by Crippen LogP contribution is 2.32. The van der Waals surface area contributed by atoms with E-state index in [9.17, 15) is 9.18 Å². The van der Waals surface area contributed by atoms with Crippen LogP contribution in [0.2, 0.25) is 0 Å². The third-order valence-corrected chi connectivity index (χ3v) is 5.52. The van der Waals surface area contributed by atoms with Gasteiger partial charge in [-0.1, -0.05) is 18.2 Å². The van der Waals surface area contributed by atoms with Crippen LogP contribution in [0.1, 0.15) is 51.4 Å². The second-order valence-corrected chi connectivity index (χ2v) is 7.83. The van der Waals surface area contributed by atoms with Crippen LogP contribution in [0.4, 0.5) is 4.39 Å². The summed E-state index contributed by atoms with van der Waals surface area (Å²) in [6.07, 6.45) is 11.1. The van der Waals surface area contributed by atoms with Crippen LogP contribution in [0.25, 0.3) is 5.70 Å². The number of nitrogens with one attached hydrogen (secondary N) is 2. The molecule has 1 fully saturated rings. The van der Waals surface area contributed by atoms with Gasteiger partial charge in [0.15, 0.2) is 11.6 Å². The minimum Gasteiger partial charge on any atom is -0.487 e. The van der Waals surface area contributed by atoms with E-state index in [1.807, 2.05) is 36.9 Å². The van der Waals surface area contributed by atoms with Crippen molar-refractivity contribution in [3.63, 3.8) is 0 Å². The lowest BCUT2D eigenvalue weighted by atomic mass is 9.96. The molecule has 0 unspecified atom stereocenters. The lowest BCUT2D eigenvalue weighted by molar-refractivity contribution is 0.0956. The van der Waals surface area contributed by atoms with Gasteiger partial charge in [-0.3, -0.25) is 4.79 Å². The Labute approximate surface area is 184 Å². The molecule has 0 spiro atoms. The molecule has 7 heteroatoms. The first-order chi connectivity index (χ1) is 15.0. The number of halogens is 1. The normalized spacial score (nSPS) is 16.4. The third kappa shape index (κ3) is 4.87. The molecule has 2 N–H and O–H groups in total. The van der Waals surface area contributed by atoms with Crippen molar-refractivity contribution in [1.29, 1.82) is 0 Å². The molecule has 0 radical (unpaired) electrons. The molecule has 1 aliphatic heterocycles. The predicted molar refractivity (Wildman–Crippen MR) is 124 cm³/mol. The summed E-state index contributed by atoms with van der Waals surface area (Å²) in [6, 6.07) is 6.96. The summed E-state index contributed by atoms with van der Waals surface area (Å²) in [5.74, 6) is 0.491. The summed E-state index contributed by atoms with van der Waals surface area (Å²) in [5.41, 5.74) is 2.45. The number of rotatable bonds is 7. The molecule has 2 aliphatic rings. The van der Waals surface area contributed by atoms with Crippen molar-refractivity contribution in [2.24, 2.45) is 12.0 Å². The Morgan fingerprint density at radius 2 is 2.23 bits per heavy atom. The van der Waals surface area contributed by atoms with Gasteiger partial charge in [0.2, 0.25) is 0 Å². The number of aryl methyl sites for hydroxylation is 1. The minimum absolute atomic E-state index is 0. The van der Waals surface area contributed by atoms with Gasteiger partial charge in [-0.05, 0) is 44.4 Å². The Morgan fingerprint density at radius 1 is 1.39 bits per heavy atom. The summed E-state index contributed by atoms with van der Waals surface area (Å²) in [4.78, 5) is 16.8. The third-order valence-electron chi connectivity index (χ3n) is 5.52. The summed E-state index contributed by atoms with van der Waals surface area (Å²) >= 11 is 0. The number of ether oxygens (including phenoxy) is 1. The van der Waals surface area contributed by atoms with Gasteiger partial charge in [0.25, 0.3) is 5.91 Å². The van der Waals surface area contributed by atoms with Crippen LogP contribution >= 0.6 is 0 Å². The second kappa shape index (κ2) is 9.20. The van der Waals surface area contributed by atoms with Crippen molar-refractivity contribution in [1.82, 2.24) is 15.2 Å². The van der Waals surface area contributed by atoms with E-state index < -0.39 is 0 Å². The number of carbonyl (C=O) groups excluding carboxylic acids is 1. The Kier molecular flexibility index (Phi) is 6.21. The van der Waals surface area contributed by atoms with Crippen LogP contribution in [0.5, 0.6) is 5.75 Å². The molecule has 0 bridgehead atoms. The van der Waals surface area contributed by atoms with E-state index in [2.05, 4.69) is 15.6 Å². The Hall–Kier alpha value is -3.35. The highest BCUT2D eigenvalue weighted by Gasteiger charge is 2.23. The van der Waals surface area contributed by atoms with E-state index in [4.69, 9.17) is 4.74 Å². The number of allylic oxidation sites excluding steroid dienone is 1. The highest BCUT2D eigenvalue weighted by molar-refractivity contribution is 5.96. The average Bonchev–Trinajstić information content (AvgIpc) is 3.37. The lowest BCUT2D eigenvalue weighted by Crippen LogP contribution is -2.32. The molecule has 1 aliphatic carbocycles. The van der Waals surface area contributed by atoms with Crippen molar-refractivity contribution >= 4 is 17.4 Å². The second-order valence-electron chi connectivity index (χ2n) is 7.83. The SMILES string of the molecule is C/C=C(/CNC(=O)c1ccn(C)c1)NC1=NC(c2cccc(OC3CCC3)c2F)=CC1.[HH].[HH]. The smallest absolute Gasteiger partial charge is 0.253 e. The molecule has 2 heterocycles. The lowest BCUT2D eigenvalue weighted by Gasteiger charge is -2.26. The van der Waals surface area contributed by atoms with E-state index in [0.717, 1.165) is 25.0 Å². The molecule has 31 heavy (non-hydrogen) atoms. The number of amides is 1. The maximum Gasteiger partial charge on any atom is 0.253 e. The van der Waals surface area contributed by atoms with Crippen molar-refractivity contribution in [2.75, 3.05) is 6.54 Å². The number of benzene rings is 1. The molecule has 1 aromatic heterocycles. The van der Waals surface area contributed by atoms with Gasteiger partial charge in [0.05, 0.1) is 23.9 Å². The minimum atomic E-state index is -0.368. The molecule has 1 amide bonds. The first-order valence-corrected chi connectivity index (χ1v) is 10.6. The van der Waals surface area contributed by atoms with Crippen LogP contribution in [0.15, 0.2) is 59.5 Å². The van der Waals surface area contributed by atoms with Gasteiger partial charge in [0.1, 0.15) is 5.84 Å². The fraction of sp³-hybridized carbons (Fsp3) is 0.333. The first-order valence-electron chi connectivity index (χ1n) is 10.6. The van der Waals surface area contributed by atoms with Gasteiger partial charge < -0.3 is 19.9 Å². The Balaban J connectivity index is 0.00000193. The molecule has 0 atom stereocenters. The Bertz CT molecular complexity index is 1070. The van der Waals surface area contributed by atoms with E-state index in [0.29, 0.717) is 35.6 Å². The number of nitrogens with zero attached hydrogens (tertiary/aromatic N) is 2. The predicted octanol–water partition coefficient (Wildman–Crippen LogP) is 4.65. The molecule has 1 aromatic carbocycles. The molecule has 2 aromatic rings. The van der Waals surface area contributed by atoms with Crippen molar-refractivity contribution in [3.05, 3.63) is 71.5 Å². The largest absolute Gasteiger partial charge is 0.487 e. The van der Waals surface area contributed by atoms with Gasteiger partial charge in [-0.25, -0.2) is 9.38 Å². The summed E-state index contributed by atoms with van der Waals surface area (Å²) in [5, 5.41) is 6.14. The number of carbonyl (C=O) groups is 1. The molecule has 6 nitrogen and oxygen atoms in total. The number of amidine groups is 1. The molecular weight excluding hydrogens is 395 g/mol. The standard InChI is InChI=1S/C24H27FN4O2.2H2/c1-3-17(14-26-24(30)16-12-13-29(2)15-16)27-22-11-10-20(28-22)19-8-5-9-21(23(19)25)31-18-6-4-7-18;;/h3,5,8-10,12-13,15,18H,4,6-7,11,14H2,1-2H3,(H,26,30)(H,27,28);2*1H/b17-3-;;. The van der Waals surface area contributed by atoms with E-state index >= 15 is 0 Å². The van der Waals surface area contributed by atoms with Crippen LogP contribution < -0.4 is 15.4 Å². The first kappa shape index (κ1) is 20.9. The van der Waals surface area contributed by atoms with E-state index in [1.165, 1.54) is 0 Å².